The van der Waals surface area contributed by atoms with Gasteiger partial charge >= 0.3 is 0 Å². The van der Waals surface area contributed by atoms with E-state index in [1.54, 1.807) is 33.4 Å². The number of allylic oxidation sites excluding steroid dienone is 1. The highest BCUT2D eigenvalue weighted by molar-refractivity contribution is 7.99. The van der Waals surface area contributed by atoms with Crippen LogP contribution in [0.15, 0.2) is 34.1 Å². The normalized spacial score (nSPS) is 13.5. The molecule has 0 aliphatic heterocycles. The second-order valence-corrected chi connectivity index (χ2v) is 10.2. The number of thiophene rings is 2. The number of hydrogen-bond acceptors (Lipinski definition) is 7. The summed E-state index contributed by atoms with van der Waals surface area (Å²) in [5, 5.41) is 6.05. The van der Waals surface area contributed by atoms with E-state index in [-0.39, 0.29) is 22.8 Å². The summed E-state index contributed by atoms with van der Waals surface area (Å²) in [6.45, 7) is 4.09. The van der Waals surface area contributed by atoms with Crippen LogP contribution >= 0.6 is 34.4 Å². The van der Waals surface area contributed by atoms with Crippen LogP contribution in [0.25, 0.3) is 10.2 Å². The lowest BCUT2D eigenvalue weighted by molar-refractivity contribution is -0.113. The highest BCUT2D eigenvalue weighted by atomic mass is 32.2. The molecule has 3 aromatic heterocycles. The molecule has 1 aliphatic carbocycles. The Kier molecular flexibility index (Phi) is 6.59. The second-order valence-electron chi connectivity index (χ2n) is 7.21. The fourth-order valence-electron chi connectivity index (χ4n) is 3.69. The Morgan fingerprint density at radius 2 is 2.13 bits per heavy atom. The molecule has 31 heavy (non-hydrogen) atoms. The van der Waals surface area contributed by atoms with Gasteiger partial charge in [-0.15, -0.1) is 29.3 Å². The van der Waals surface area contributed by atoms with Gasteiger partial charge in [-0.25, -0.2) is 4.98 Å². The molecule has 0 saturated heterocycles. The third-order valence-corrected chi connectivity index (χ3v) is 8.11. The number of fused-ring (bicyclic) bond motifs is 3. The molecule has 0 saturated carbocycles. The minimum Gasteiger partial charge on any atom is -0.366 e. The van der Waals surface area contributed by atoms with Crippen molar-refractivity contribution in [2.75, 3.05) is 11.1 Å². The first kappa shape index (κ1) is 21.8. The first-order valence-electron chi connectivity index (χ1n) is 9.95. The maximum Gasteiger partial charge on any atom is 0.263 e. The number of hydrogen-bond donors (Lipinski definition) is 2. The van der Waals surface area contributed by atoms with E-state index < -0.39 is 5.91 Å². The van der Waals surface area contributed by atoms with Gasteiger partial charge in [-0.05, 0) is 42.7 Å². The van der Waals surface area contributed by atoms with Crippen LogP contribution < -0.4 is 16.6 Å². The van der Waals surface area contributed by atoms with Gasteiger partial charge in [-0.3, -0.25) is 19.0 Å². The molecule has 7 nitrogen and oxygen atoms in total. The molecule has 1 aliphatic rings. The maximum absolute atomic E-state index is 13.3. The van der Waals surface area contributed by atoms with E-state index in [1.165, 1.54) is 34.4 Å². The Morgan fingerprint density at radius 1 is 1.32 bits per heavy atom. The average molecular weight is 475 g/mol. The topological polar surface area (TPSA) is 107 Å². The van der Waals surface area contributed by atoms with E-state index in [9.17, 15) is 14.4 Å². The number of rotatable bonds is 7. The number of thioether (sulfide) groups is 1. The molecule has 0 spiro atoms. The quantitative estimate of drug-likeness (QED) is 0.234. The summed E-state index contributed by atoms with van der Waals surface area (Å²) in [5.41, 5.74) is 6.70. The molecule has 0 fully saturated rings. The molecular weight excluding hydrogens is 452 g/mol. The smallest absolute Gasteiger partial charge is 0.263 e. The van der Waals surface area contributed by atoms with Crippen LogP contribution in [0.3, 0.4) is 0 Å². The lowest BCUT2D eigenvalue weighted by Crippen LogP contribution is -2.24. The zero-order chi connectivity index (χ0) is 22.0. The van der Waals surface area contributed by atoms with Gasteiger partial charge in [0.2, 0.25) is 5.91 Å². The van der Waals surface area contributed by atoms with Crippen LogP contribution in [-0.2, 0) is 24.2 Å². The Bertz CT molecular complexity index is 1220. The molecule has 4 rings (SSSR count). The summed E-state index contributed by atoms with van der Waals surface area (Å²) in [4.78, 5) is 44.0. The van der Waals surface area contributed by atoms with Crippen molar-refractivity contribution in [1.29, 1.82) is 0 Å². The number of nitrogens with one attached hydrogen (secondary N) is 1. The highest BCUT2D eigenvalue weighted by Crippen LogP contribution is 2.34. The molecule has 3 heterocycles. The number of aromatic nitrogens is 2. The van der Waals surface area contributed by atoms with E-state index in [1.807, 2.05) is 0 Å². The summed E-state index contributed by atoms with van der Waals surface area (Å²) in [6, 6.07) is 1.58. The van der Waals surface area contributed by atoms with Crippen molar-refractivity contribution in [3.63, 3.8) is 0 Å². The number of primary amides is 1. The Hall–Kier alpha value is -2.43. The Balaban J connectivity index is 1.61. The van der Waals surface area contributed by atoms with E-state index in [0.29, 0.717) is 16.7 Å². The second kappa shape index (κ2) is 9.37. The van der Waals surface area contributed by atoms with Crippen LogP contribution in [0.5, 0.6) is 0 Å². The van der Waals surface area contributed by atoms with Crippen molar-refractivity contribution >= 4 is 61.5 Å². The summed E-state index contributed by atoms with van der Waals surface area (Å²) in [5.74, 6) is -0.832. The van der Waals surface area contributed by atoms with Gasteiger partial charge in [0.25, 0.3) is 11.5 Å². The van der Waals surface area contributed by atoms with E-state index in [2.05, 4.69) is 11.9 Å². The van der Waals surface area contributed by atoms with Crippen LogP contribution in [0.4, 0.5) is 5.00 Å². The number of nitrogens with two attached hydrogens (primary N) is 1. The summed E-state index contributed by atoms with van der Waals surface area (Å²) < 4.78 is 1.59. The van der Waals surface area contributed by atoms with Crippen LogP contribution in [0.2, 0.25) is 0 Å². The first-order chi connectivity index (χ1) is 15.0. The third-order valence-electron chi connectivity index (χ3n) is 5.12. The lowest BCUT2D eigenvalue weighted by atomic mass is 10.1. The minimum atomic E-state index is -0.589. The largest absolute Gasteiger partial charge is 0.366 e. The van der Waals surface area contributed by atoms with Crippen LogP contribution in [-0.4, -0.2) is 27.1 Å². The number of nitrogens with zero attached hydrogens (tertiary/aromatic N) is 2. The van der Waals surface area contributed by atoms with Crippen molar-refractivity contribution in [2.45, 2.75) is 43.8 Å². The standard InChI is InChI=1S/C21H22N4O3S3/c1-2-9-25-20(28)16-12-6-4-3-5-7-14(12)31-19(16)24-21(25)30-11-15(26)23-18-13(17(22)27)8-10-29-18/h2,8,10H,1,3-7,9,11H2,(H2,22,27)(H,23,26). The summed E-state index contributed by atoms with van der Waals surface area (Å²) >= 11 is 4.03. The lowest BCUT2D eigenvalue weighted by Gasteiger charge is -2.11. The monoisotopic (exact) mass is 474 g/mol. The van der Waals surface area contributed by atoms with Crippen molar-refractivity contribution in [3.05, 3.63) is 50.5 Å². The number of amides is 2. The SMILES string of the molecule is C=CCn1c(SCC(=O)Nc2sccc2C(N)=O)nc2sc3c(c2c1=O)CCCCC3. The molecular formula is C21H22N4O3S3. The van der Waals surface area contributed by atoms with Gasteiger partial charge in [0, 0.05) is 11.4 Å². The van der Waals surface area contributed by atoms with Gasteiger partial charge in [0.15, 0.2) is 5.16 Å². The first-order valence-corrected chi connectivity index (χ1v) is 12.6. The maximum atomic E-state index is 13.3. The molecule has 0 bridgehead atoms. The zero-order valence-electron chi connectivity index (χ0n) is 16.8. The number of carbonyl (C=O) groups excluding carboxylic acids is 2. The molecule has 3 N–H and O–H groups in total. The fourth-order valence-corrected chi connectivity index (χ4v) is 6.61. The van der Waals surface area contributed by atoms with Gasteiger partial charge in [0.1, 0.15) is 9.83 Å². The molecule has 0 radical (unpaired) electrons. The van der Waals surface area contributed by atoms with Gasteiger partial charge in [-0.2, -0.15) is 0 Å². The van der Waals surface area contributed by atoms with Gasteiger partial charge < -0.3 is 11.1 Å². The molecule has 3 aromatic rings. The highest BCUT2D eigenvalue weighted by Gasteiger charge is 2.22. The van der Waals surface area contributed by atoms with E-state index in [4.69, 9.17) is 10.7 Å². The predicted molar refractivity (Wildman–Crippen MR) is 128 cm³/mol. The molecule has 162 valence electrons. The molecule has 0 aromatic carbocycles. The fraction of sp³-hybridized carbons (Fsp3) is 0.333. The third kappa shape index (κ3) is 4.46. The Morgan fingerprint density at radius 3 is 2.90 bits per heavy atom. The number of carbonyl (C=O) groups is 2. The average Bonchev–Trinajstić information content (AvgIpc) is 3.26. The molecule has 2 amide bonds. The number of anilines is 1. The van der Waals surface area contributed by atoms with Crippen molar-refractivity contribution in [2.24, 2.45) is 5.73 Å². The van der Waals surface area contributed by atoms with Crippen LogP contribution in [0.1, 0.15) is 40.1 Å². The summed E-state index contributed by atoms with van der Waals surface area (Å²) in [6.07, 6.45) is 6.98. The summed E-state index contributed by atoms with van der Waals surface area (Å²) in [7, 11) is 0. The minimum absolute atomic E-state index is 0.0519. The molecule has 0 unspecified atom stereocenters. The van der Waals surface area contributed by atoms with Crippen molar-refractivity contribution < 1.29 is 9.59 Å². The molecule has 0 atom stereocenters. The van der Waals surface area contributed by atoms with Crippen molar-refractivity contribution in [1.82, 2.24) is 9.55 Å². The van der Waals surface area contributed by atoms with E-state index >= 15 is 0 Å². The van der Waals surface area contributed by atoms with E-state index in [0.717, 1.165) is 41.5 Å². The zero-order valence-corrected chi connectivity index (χ0v) is 19.3. The van der Waals surface area contributed by atoms with Crippen molar-refractivity contribution in [3.8, 4) is 0 Å². The van der Waals surface area contributed by atoms with Gasteiger partial charge in [0.05, 0.1) is 16.7 Å². The number of aryl methyl sites for hydroxylation is 2. The molecule has 10 heteroatoms. The van der Waals surface area contributed by atoms with Crippen LogP contribution in [0, 0.1) is 0 Å². The Labute approximate surface area is 191 Å². The van der Waals surface area contributed by atoms with Gasteiger partial charge in [-0.1, -0.05) is 24.3 Å². The predicted octanol–water partition coefficient (Wildman–Crippen LogP) is 3.80.